The molecular weight excluding hydrogens is 164 g/mol. The van der Waals surface area contributed by atoms with Gasteiger partial charge in [0.05, 0.1) is 0 Å². The summed E-state index contributed by atoms with van der Waals surface area (Å²) in [6.45, 7) is 0. The van der Waals surface area contributed by atoms with Gasteiger partial charge in [0.25, 0.3) is 0 Å². The fourth-order valence-corrected chi connectivity index (χ4v) is 1.34. The molecule has 1 aliphatic heterocycles. The van der Waals surface area contributed by atoms with E-state index in [0.29, 0.717) is 5.56 Å². The SMILES string of the molecule is NC(=O)c1ccc2ccnccc1-2. The number of carbonyl (C=O) groups excluding carboxylic acids is 1. The van der Waals surface area contributed by atoms with Gasteiger partial charge in [0, 0.05) is 18.0 Å². The molecule has 0 saturated heterocycles. The van der Waals surface area contributed by atoms with Crippen LogP contribution in [0, 0.1) is 0 Å². The van der Waals surface area contributed by atoms with Gasteiger partial charge in [-0.2, -0.15) is 0 Å². The number of nitrogens with zero attached hydrogens (tertiary/aromatic N) is 1. The molecule has 2 rings (SSSR count). The van der Waals surface area contributed by atoms with E-state index in [0.717, 1.165) is 11.1 Å². The van der Waals surface area contributed by atoms with E-state index in [1.165, 1.54) is 0 Å². The Morgan fingerprint density at radius 1 is 1.15 bits per heavy atom. The maximum Gasteiger partial charge on any atom is 0.249 e. The van der Waals surface area contributed by atoms with Crippen LogP contribution in [-0.2, 0) is 0 Å². The van der Waals surface area contributed by atoms with Crippen LogP contribution in [0.2, 0.25) is 0 Å². The van der Waals surface area contributed by atoms with Crippen molar-refractivity contribution in [3.63, 3.8) is 0 Å². The number of aromatic nitrogens is 1. The maximum atomic E-state index is 11.0. The molecule has 3 nitrogen and oxygen atoms in total. The van der Waals surface area contributed by atoms with Crippen molar-refractivity contribution in [3.8, 4) is 11.1 Å². The molecule has 13 heavy (non-hydrogen) atoms. The van der Waals surface area contributed by atoms with Gasteiger partial charge in [-0.05, 0) is 29.3 Å². The van der Waals surface area contributed by atoms with Crippen LogP contribution in [-0.4, -0.2) is 10.9 Å². The van der Waals surface area contributed by atoms with Crippen LogP contribution >= 0.6 is 0 Å². The molecule has 0 atom stereocenters. The normalized spacial score (nSPS) is 10.2. The molecule has 0 radical (unpaired) electrons. The Hall–Kier alpha value is -1.90. The van der Waals surface area contributed by atoms with Crippen molar-refractivity contribution in [2.75, 3.05) is 0 Å². The Morgan fingerprint density at radius 3 is 2.69 bits per heavy atom. The van der Waals surface area contributed by atoms with E-state index in [-0.39, 0.29) is 0 Å². The van der Waals surface area contributed by atoms with Gasteiger partial charge in [-0.3, -0.25) is 9.78 Å². The molecule has 1 heterocycles. The van der Waals surface area contributed by atoms with Gasteiger partial charge in [-0.15, -0.1) is 0 Å². The summed E-state index contributed by atoms with van der Waals surface area (Å²) in [4.78, 5) is 14.9. The molecule has 0 bridgehead atoms. The number of hydrogen-bond acceptors (Lipinski definition) is 2. The molecule has 0 fully saturated rings. The summed E-state index contributed by atoms with van der Waals surface area (Å²) < 4.78 is 0. The van der Waals surface area contributed by atoms with Crippen molar-refractivity contribution >= 4 is 5.91 Å². The summed E-state index contributed by atoms with van der Waals surface area (Å²) in [5.41, 5.74) is 7.58. The van der Waals surface area contributed by atoms with Crippen LogP contribution in [0.1, 0.15) is 10.4 Å². The number of rotatable bonds is 1. The molecule has 2 aliphatic rings. The van der Waals surface area contributed by atoms with Gasteiger partial charge in [0.15, 0.2) is 0 Å². The third-order valence-corrected chi connectivity index (χ3v) is 1.96. The largest absolute Gasteiger partial charge is 0.366 e. The smallest absolute Gasteiger partial charge is 0.249 e. The summed E-state index contributed by atoms with van der Waals surface area (Å²) in [6.07, 6.45) is 3.34. The Kier molecular flexibility index (Phi) is 1.70. The first-order valence-corrected chi connectivity index (χ1v) is 3.91. The van der Waals surface area contributed by atoms with Gasteiger partial charge in [0.1, 0.15) is 0 Å². The van der Waals surface area contributed by atoms with Gasteiger partial charge >= 0.3 is 0 Å². The second-order valence-corrected chi connectivity index (χ2v) is 2.76. The summed E-state index contributed by atoms with van der Waals surface area (Å²) >= 11 is 0. The fraction of sp³-hybridized carbons (Fsp3) is 0. The highest BCUT2D eigenvalue weighted by atomic mass is 16.1. The maximum absolute atomic E-state index is 11.0. The van der Waals surface area contributed by atoms with Crippen molar-refractivity contribution in [2.24, 2.45) is 5.73 Å². The topological polar surface area (TPSA) is 56.0 Å². The van der Waals surface area contributed by atoms with Crippen molar-refractivity contribution in [3.05, 3.63) is 42.2 Å². The molecule has 1 aliphatic carbocycles. The molecule has 0 spiro atoms. The van der Waals surface area contributed by atoms with E-state index in [1.807, 2.05) is 12.1 Å². The second kappa shape index (κ2) is 2.86. The number of primary amides is 1. The van der Waals surface area contributed by atoms with Crippen molar-refractivity contribution in [1.29, 1.82) is 0 Å². The van der Waals surface area contributed by atoms with Crippen LogP contribution < -0.4 is 5.73 Å². The van der Waals surface area contributed by atoms with Gasteiger partial charge in [0.2, 0.25) is 5.91 Å². The summed E-state index contributed by atoms with van der Waals surface area (Å²) in [5, 5.41) is 0. The Bertz CT molecular complexity index is 425. The van der Waals surface area contributed by atoms with Crippen molar-refractivity contribution in [1.82, 2.24) is 4.98 Å². The lowest BCUT2D eigenvalue weighted by molar-refractivity contribution is 0.100. The number of nitrogens with two attached hydrogens (primary N) is 1. The average Bonchev–Trinajstić information content (AvgIpc) is 2.36. The monoisotopic (exact) mass is 172 g/mol. The molecule has 3 heteroatoms. The van der Waals surface area contributed by atoms with E-state index in [2.05, 4.69) is 4.98 Å². The first-order valence-electron chi connectivity index (χ1n) is 3.91. The van der Waals surface area contributed by atoms with E-state index < -0.39 is 5.91 Å². The lowest BCUT2D eigenvalue weighted by atomic mass is 10.1. The lowest BCUT2D eigenvalue weighted by Crippen LogP contribution is -2.10. The highest BCUT2D eigenvalue weighted by molar-refractivity contribution is 6.01. The predicted octanol–water partition coefficient (Wildman–Crippen LogP) is 1.29. The second-order valence-electron chi connectivity index (χ2n) is 2.76. The van der Waals surface area contributed by atoms with Crippen LogP contribution in [0.5, 0.6) is 0 Å². The van der Waals surface area contributed by atoms with E-state index in [9.17, 15) is 4.79 Å². The minimum absolute atomic E-state index is 0.402. The van der Waals surface area contributed by atoms with Crippen LogP contribution in [0.25, 0.3) is 11.1 Å². The molecule has 64 valence electrons. The molecule has 1 amide bonds. The Balaban J connectivity index is 2.68. The predicted molar refractivity (Wildman–Crippen MR) is 49.4 cm³/mol. The highest BCUT2D eigenvalue weighted by Gasteiger charge is 2.11. The Morgan fingerprint density at radius 2 is 1.92 bits per heavy atom. The van der Waals surface area contributed by atoms with Crippen molar-refractivity contribution in [2.45, 2.75) is 0 Å². The van der Waals surface area contributed by atoms with Crippen LogP contribution in [0.15, 0.2) is 36.7 Å². The third-order valence-electron chi connectivity index (χ3n) is 1.96. The molecule has 0 unspecified atom stereocenters. The highest BCUT2D eigenvalue weighted by Crippen LogP contribution is 2.25. The molecule has 0 aromatic rings. The van der Waals surface area contributed by atoms with Gasteiger partial charge in [-0.1, -0.05) is 6.07 Å². The average molecular weight is 172 g/mol. The standard InChI is InChI=1S/C10H8N2O/c11-10(13)9-2-1-7-3-5-12-6-4-8(7)9/h1-6H,(H2,11,13). The minimum Gasteiger partial charge on any atom is -0.366 e. The van der Waals surface area contributed by atoms with E-state index in [1.54, 1.807) is 24.5 Å². The molecule has 0 saturated carbocycles. The van der Waals surface area contributed by atoms with E-state index >= 15 is 0 Å². The van der Waals surface area contributed by atoms with E-state index in [4.69, 9.17) is 5.73 Å². The van der Waals surface area contributed by atoms with Crippen molar-refractivity contribution < 1.29 is 4.79 Å². The zero-order chi connectivity index (χ0) is 9.26. The number of fused-ring (bicyclic) bond motifs is 1. The molecule has 0 aromatic heterocycles. The fourth-order valence-electron chi connectivity index (χ4n) is 1.34. The molecule has 2 N–H and O–H groups in total. The quantitative estimate of drug-likeness (QED) is 0.704. The number of carbonyl (C=O) groups is 1. The number of hydrogen-bond donors (Lipinski definition) is 1. The first kappa shape index (κ1) is 7.73. The Labute approximate surface area is 75.6 Å². The van der Waals surface area contributed by atoms with Crippen LogP contribution in [0.4, 0.5) is 0 Å². The zero-order valence-electron chi connectivity index (χ0n) is 6.90. The molecular formula is C10H8N2O. The van der Waals surface area contributed by atoms with Gasteiger partial charge < -0.3 is 5.73 Å². The number of amides is 1. The van der Waals surface area contributed by atoms with Crippen LogP contribution in [0.3, 0.4) is 0 Å². The van der Waals surface area contributed by atoms with Gasteiger partial charge in [-0.25, -0.2) is 0 Å². The summed E-state index contributed by atoms with van der Waals surface area (Å²) in [5.74, 6) is -0.402. The third kappa shape index (κ3) is 1.24. The summed E-state index contributed by atoms with van der Waals surface area (Å²) in [6, 6.07) is 7.22. The molecule has 0 aromatic carbocycles. The first-order chi connectivity index (χ1) is 6.29. The zero-order valence-corrected chi connectivity index (χ0v) is 6.90. The summed E-state index contributed by atoms with van der Waals surface area (Å²) in [7, 11) is 0. The lowest BCUT2D eigenvalue weighted by Gasteiger charge is -1.94. The minimum atomic E-state index is -0.402.